The fourth-order valence-electron chi connectivity index (χ4n) is 12.5. The van der Waals surface area contributed by atoms with Crippen LogP contribution in [0.25, 0.3) is 44.5 Å². The largest absolute Gasteiger partial charge is 0.497 e. The van der Waals surface area contributed by atoms with E-state index in [0.29, 0.717) is 37.2 Å². The monoisotopic (exact) mass is 1090 g/mol. The Morgan fingerprint density at radius 1 is 0.741 bits per heavy atom. The predicted molar refractivity (Wildman–Crippen MR) is 318 cm³/mol. The number of amides is 3. The zero-order chi connectivity index (χ0) is 57.2. The number of aliphatic hydroxyl groups excluding tert-OH is 1. The highest BCUT2D eigenvalue weighted by molar-refractivity contribution is 5.90. The highest BCUT2D eigenvalue weighted by Gasteiger charge is 2.47. The first-order chi connectivity index (χ1) is 39.5. The first-order valence-corrected chi connectivity index (χ1v) is 28.8. The van der Waals surface area contributed by atoms with Crippen LogP contribution in [0, 0.1) is 5.92 Å². The van der Waals surface area contributed by atoms with Gasteiger partial charge in [0.25, 0.3) is 0 Å². The van der Waals surface area contributed by atoms with Crippen LogP contribution in [0.3, 0.4) is 0 Å². The molecule has 2 aromatic heterocycles. The van der Waals surface area contributed by atoms with Crippen LogP contribution in [0.4, 0.5) is 0 Å². The average molecular weight is 1100 g/mol. The number of hydrogen-bond acceptors (Lipinski definition) is 10. The number of allylic oxidation sites excluding steroid dienone is 1. The number of para-hydroxylation sites is 2. The number of rotatable bonds is 14. The van der Waals surface area contributed by atoms with E-state index in [-0.39, 0.29) is 36.4 Å². The molecular formula is C66H78N8O7. The van der Waals surface area contributed by atoms with Crippen molar-refractivity contribution in [2.75, 3.05) is 40.9 Å². The molecule has 424 valence electrons. The van der Waals surface area contributed by atoms with Crippen molar-refractivity contribution in [2.45, 2.75) is 121 Å². The van der Waals surface area contributed by atoms with Crippen LogP contribution >= 0.6 is 0 Å². The summed E-state index contributed by atoms with van der Waals surface area (Å²) in [4.78, 5) is 64.8. The van der Waals surface area contributed by atoms with Crippen LogP contribution in [0.5, 0.6) is 11.5 Å². The minimum absolute atomic E-state index is 0.00296. The number of aliphatic hydroxyl groups is 1. The Hall–Kier alpha value is -7.88. The lowest BCUT2D eigenvalue weighted by Gasteiger charge is -2.25. The number of aromatic amines is 2. The second-order valence-corrected chi connectivity index (χ2v) is 22.1. The molecule has 5 N–H and O–H groups in total. The Labute approximate surface area is 476 Å². The molecule has 0 spiro atoms. The van der Waals surface area contributed by atoms with E-state index < -0.39 is 6.10 Å². The third-order valence-electron chi connectivity index (χ3n) is 16.5. The van der Waals surface area contributed by atoms with Gasteiger partial charge in [-0.2, -0.15) is 0 Å². The normalized spacial score (nSPS) is 20.8. The molecule has 4 heterocycles. The number of benzene rings is 5. The fourth-order valence-corrected chi connectivity index (χ4v) is 12.5. The number of aldehydes is 1. The van der Waals surface area contributed by atoms with Crippen LogP contribution in [0.1, 0.15) is 149 Å². The molecule has 0 radical (unpaired) electrons. The summed E-state index contributed by atoms with van der Waals surface area (Å²) < 4.78 is 9.83. The Balaban J connectivity index is 0.000000232. The number of carbonyl (C=O) groups excluding carboxylic acids is 4. The molecule has 7 aromatic rings. The van der Waals surface area contributed by atoms with E-state index in [1.807, 2.05) is 85.6 Å². The van der Waals surface area contributed by atoms with Gasteiger partial charge in [-0.3, -0.25) is 19.3 Å². The molecule has 81 heavy (non-hydrogen) atoms. The van der Waals surface area contributed by atoms with Crippen molar-refractivity contribution in [1.29, 1.82) is 0 Å². The maximum Gasteiger partial charge on any atom is 0.242 e. The molecular weight excluding hydrogens is 1020 g/mol. The summed E-state index contributed by atoms with van der Waals surface area (Å²) in [6, 6.07) is 35.0. The molecule has 2 aliphatic heterocycles. The highest BCUT2D eigenvalue weighted by Crippen LogP contribution is 2.63. The van der Waals surface area contributed by atoms with Crippen molar-refractivity contribution in [1.82, 2.24) is 40.4 Å². The van der Waals surface area contributed by atoms with E-state index in [4.69, 9.17) is 19.4 Å². The molecule has 15 nitrogen and oxygen atoms in total. The number of aromatic nitrogens is 4. The van der Waals surface area contributed by atoms with Crippen LogP contribution < -0.4 is 20.1 Å². The van der Waals surface area contributed by atoms with E-state index in [0.717, 1.165) is 88.7 Å². The van der Waals surface area contributed by atoms with Gasteiger partial charge in [0, 0.05) is 18.0 Å². The number of carbonyl (C=O) groups is 4. The molecule has 4 aliphatic carbocycles. The van der Waals surface area contributed by atoms with Gasteiger partial charge in [-0.1, -0.05) is 107 Å². The zero-order valence-corrected chi connectivity index (χ0v) is 47.8. The number of nitrogens with zero attached hydrogens (tertiary/aromatic N) is 4. The quantitative estimate of drug-likeness (QED) is 0.0517. The van der Waals surface area contributed by atoms with E-state index in [9.17, 15) is 24.3 Å². The molecule has 13 rings (SSSR count). The van der Waals surface area contributed by atoms with Crippen molar-refractivity contribution in [3.8, 4) is 45.0 Å². The van der Waals surface area contributed by atoms with Crippen molar-refractivity contribution in [3.63, 3.8) is 0 Å². The molecule has 3 amide bonds. The predicted octanol–water partition coefficient (Wildman–Crippen LogP) is 11.7. The fraction of sp³-hybridized carbons (Fsp3) is 0.394. The van der Waals surface area contributed by atoms with Crippen LogP contribution in [-0.4, -0.2) is 107 Å². The third kappa shape index (κ3) is 12.5. The number of likely N-dealkylation sites (tertiary alicyclic amines) is 2. The van der Waals surface area contributed by atoms with Crippen molar-refractivity contribution in [3.05, 3.63) is 155 Å². The van der Waals surface area contributed by atoms with Gasteiger partial charge in [0.05, 0.1) is 61.8 Å². The van der Waals surface area contributed by atoms with E-state index in [2.05, 4.69) is 94.9 Å². The Bertz CT molecular complexity index is 3280. The van der Waals surface area contributed by atoms with Gasteiger partial charge in [0.2, 0.25) is 18.7 Å². The van der Waals surface area contributed by atoms with Gasteiger partial charge in [-0.05, 0) is 163 Å². The summed E-state index contributed by atoms with van der Waals surface area (Å²) in [5, 5.41) is 16.5. The van der Waals surface area contributed by atoms with Gasteiger partial charge in [0.1, 0.15) is 35.5 Å². The molecule has 15 heteroatoms. The standard InChI is InChI=1S/C43H43N7O3.2C7H8O.C6H11NO2.C3H8/c1-49-14-2-4-34(49)42-45-19-33(48-42)28-12-11-27(39-29-18-30(29)41(53)40(28)39)26-10-9-25(37-23-6-7-24(16-23)38(26)37)22-8-13-31-32(17-22)47-43(46-31)35-5-3-15-50(35)36(52)20-44-21-51;2*1-8-7-5-3-2-4-6-7;1-5(2)6(3-8)7-4-9;1-3-2/h8-13,17-19,21,23-24,29,34-35,41,53H,2-7,14-16,20H2,1H3,(H,44,51)(H,45,48)(H,46,47);2*2-6H,1H3;3-6H,1-2H3,(H,7,9);3H2,1-2H3/t23?,24?,29?,34-,35-,41?;;;;/m0..../s1. The summed E-state index contributed by atoms with van der Waals surface area (Å²) in [7, 11) is 5.50. The van der Waals surface area contributed by atoms with Gasteiger partial charge in [0.15, 0.2) is 0 Å². The molecule has 5 unspecified atom stereocenters. The second kappa shape index (κ2) is 26.6. The topological polar surface area (TPSA) is 195 Å². The lowest BCUT2D eigenvalue weighted by molar-refractivity contribution is -0.132. The highest BCUT2D eigenvalue weighted by atomic mass is 16.5. The Morgan fingerprint density at radius 2 is 1.36 bits per heavy atom. The summed E-state index contributed by atoms with van der Waals surface area (Å²) in [6.45, 7) is 9.75. The van der Waals surface area contributed by atoms with Gasteiger partial charge in [-0.25, -0.2) is 9.97 Å². The number of fused-ring (bicyclic) bond motifs is 9. The minimum Gasteiger partial charge on any atom is -0.497 e. The van der Waals surface area contributed by atoms with Crippen molar-refractivity contribution >= 4 is 36.0 Å². The summed E-state index contributed by atoms with van der Waals surface area (Å²) in [5.74, 6) is 5.02. The van der Waals surface area contributed by atoms with Crippen LogP contribution in [0.15, 0.2) is 121 Å². The Kier molecular flexibility index (Phi) is 19.0. The van der Waals surface area contributed by atoms with E-state index in [1.165, 1.54) is 71.0 Å². The first-order valence-electron chi connectivity index (χ1n) is 28.8. The van der Waals surface area contributed by atoms with Crippen LogP contribution in [-0.2, 0) is 19.2 Å². The number of H-pyrrole nitrogens is 2. The minimum atomic E-state index is -0.580. The lowest BCUT2D eigenvalue weighted by atomic mass is 9.79. The summed E-state index contributed by atoms with van der Waals surface area (Å²) in [5.41, 5.74) is 15.4. The molecule has 1 saturated carbocycles. The van der Waals surface area contributed by atoms with E-state index in [1.54, 1.807) is 14.2 Å². The zero-order valence-electron chi connectivity index (χ0n) is 47.8. The summed E-state index contributed by atoms with van der Waals surface area (Å²) in [6.07, 6.45) is 14.4. The number of nitrogens with one attached hydrogen (secondary N) is 4. The summed E-state index contributed by atoms with van der Waals surface area (Å²) >= 11 is 0. The van der Waals surface area contributed by atoms with E-state index >= 15 is 0 Å². The molecule has 3 fully saturated rings. The maximum absolute atomic E-state index is 12.8. The maximum atomic E-state index is 12.8. The SMILES string of the molecule is CC(C)C(C=O)NC=O.CCC.CN1CCC[C@H]1c1ncc(-c2ccc(-c3ccc(-c4ccc5nc([C@@H]6CCCN6C(=O)CNC=O)[nH]c5c4)c4c3C3CCC4C3)c3c2C(O)C2=CC23)[nH]1.COc1ccccc1.COc1ccccc1. The smallest absolute Gasteiger partial charge is 0.242 e. The van der Waals surface area contributed by atoms with Crippen molar-refractivity contribution < 1.29 is 33.8 Å². The number of hydrogen-bond donors (Lipinski definition) is 5. The van der Waals surface area contributed by atoms with Gasteiger partial charge < -0.3 is 44.9 Å². The Morgan fingerprint density at radius 3 is 1.94 bits per heavy atom. The molecule has 6 aliphatic rings. The molecule has 7 atom stereocenters. The molecule has 5 aromatic carbocycles. The van der Waals surface area contributed by atoms with Crippen LogP contribution in [0.2, 0.25) is 0 Å². The van der Waals surface area contributed by atoms with Gasteiger partial charge in [-0.15, -0.1) is 0 Å². The van der Waals surface area contributed by atoms with Gasteiger partial charge >= 0.3 is 0 Å². The molecule has 2 bridgehead atoms. The van der Waals surface area contributed by atoms with Crippen molar-refractivity contribution in [2.24, 2.45) is 5.92 Å². The molecule has 2 saturated heterocycles. The number of imidazole rings is 2. The second-order valence-electron chi connectivity index (χ2n) is 22.1. The lowest BCUT2D eigenvalue weighted by Crippen LogP contribution is -2.37. The third-order valence-corrected chi connectivity index (χ3v) is 16.5. The number of ether oxygens (including phenoxy) is 2. The average Bonchev–Trinajstić information content (AvgIpc) is 4.46. The first kappa shape index (κ1) is 57.8. The number of methoxy groups -OCH3 is 2.